The molecule has 2 amide bonds. The Balaban J connectivity index is 1.45. The normalized spacial score (nSPS) is 24.3. The van der Waals surface area contributed by atoms with Gasteiger partial charge in [0.05, 0.1) is 13.5 Å². The molecule has 1 aliphatic carbocycles. The van der Waals surface area contributed by atoms with Crippen LogP contribution >= 0.6 is 0 Å². The number of piperidine rings is 1. The van der Waals surface area contributed by atoms with Gasteiger partial charge in [-0.3, -0.25) is 4.79 Å². The third-order valence-corrected chi connectivity index (χ3v) is 6.94. The van der Waals surface area contributed by atoms with E-state index < -0.39 is 0 Å². The average Bonchev–Trinajstić information content (AvgIpc) is 2.75. The first kappa shape index (κ1) is 24.2. The molecule has 1 aliphatic heterocycles. The number of nitrogens with zero attached hydrogens (tertiary/aromatic N) is 1. The second-order valence-electron chi connectivity index (χ2n) is 9.76. The van der Waals surface area contributed by atoms with Crippen molar-refractivity contribution in [1.82, 2.24) is 10.2 Å². The van der Waals surface area contributed by atoms with Gasteiger partial charge in [0.15, 0.2) is 11.5 Å². The van der Waals surface area contributed by atoms with Crippen molar-refractivity contribution in [3.63, 3.8) is 0 Å². The molecular weight excluding hydrogens is 408 g/mol. The fourth-order valence-electron chi connectivity index (χ4n) is 4.96. The third kappa shape index (κ3) is 6.30. The summed E-state index contributed by atoms with van der Waals surface area (Å²) in [5, 5.41) is 12.8. The van der Waals surface area contributed by atoms with Crippen LogP contribution < -0.4 is 10.1 Å². The standard InChI is InChI=1S/C25H38N2O5/c1-16(2)20-7-5-17(3)13-22(20)32-25(30)27-11-9-19(10-12-27)26-24(29)15-18-6-8-21(28)23(14-18)31-4/h6,8,14,16-17,19-20,22,28H,5,7,9-13,15H2,1-4H3,(H,26,29)/t17-,20+,22+/m1/s1. The minimum atomic E-state index is -0.212. The SMILES string of the molecule is COc1cc(CC(=O)NC2CCN(C(=O)O[C@H]3C[C@H](C)CC[C@H]3C(C)C)CC2)ccc1O. The van der Waals surface area contributed by atoms with E-state index in [1.807, 2.05) is 0 Å². The summed E-state index contributed by atoms with van der Waals surface area (Å²) in [6.07, 6.45) is 4.72. The van der Waals surface area contributed by atoms with Crippen LogP contribution in [-0.4, -0.2) is 54.4 Å². The largest absolute Gasteiger partial charge is 0.504 e. The van der Waals surface area contributed by atoms with E-state index in [9.17, 15) is 14.7 Å². The number of hydrogen-bond acceptors (Lipinski definition) is 5. The van der Waals surface area contributed by atoms with Gasteiger partial charge in [0, 0.05) is 19.1 Å². The summed E-state index contributed by atoms with van der Waals surface area (Å²) in [5.74, 6) is 1.87. The van der Waals surface area contributed by atoms with Crippen molar-refractivity contribution in [2.75, 3.05) is 20.2 Å². The number of ether oxygens (including phenoxy) is 2. The van der Waals surface area contributed by atoms with Gasteiger partial charge in [-0.05, 0) is 61.1 Å². The highest BCUT2D eigenvalue weighted by molar-refractivity contribution is 5.79. The Morgan fingerprint density at radius 2 is 1.91 bits per heavy atom. The molecule has 1 heterocycles. The van der Waals surface area contributed by atoms with E-state index in [1.54, 1.807) is 17.0 Å². The van der Waals surface area contributed by atoms with Crippen molar-refractivity contribution < 1.29 is 24.2 Å². The molecule has 1 aromatic carbocycles. The fourth-order valence-corrected chi connectivity index (χ4v) is 4.96. The first-order valence-corrected chi connectivity index (χ1v) is 11.9. The van der Waals surface area contributed by atoms with E-state index in [2.05, 4.69) is 26.1 Å². The molecule has 0 aromatic heterocycles. The van der Waals surface area contributed by atoms with Gasteiger partial charge in [0.1, 0.15) is 6.10 Å². The van der Waals surface area contributed by atoms with E-state index in [-0.39, 0.29) is 36.3 Å². The van der Waals surface area contributed by atoms with Gasteiger partial charge in [-0.15, -0.1) is 0 Å². The van der Waals surface area contributed by atoms with Crippen molar-refractivity contribution in [2.45, 2.75) is 71.4 Å². The summed E-state index contributed by atoms with van der Waals surface area (Å²) in [6, 6.07) is 4.96. The lowest BCUT2D eigenvalue weighted by Gasteiger charge is -2.39. The molecule has 3 rings (SSSR count). The van der Waals surface area contributed by atoms with Crippen LogP contribution in [0.25, 0.3) is 0 Å². The third-order valence-electron chi connectivity index (χ3n) is 6.94. The molecule has 2 N–H and O–H groups in total. The number of hydrogen-bond donors (Lipinski definition) is 2. The number of benzene rings is 1. The van der Waals surface area contributed by atoms with E-state index in [1.165, 1.54) is 19.6 Å². The first-order chi connectivity index (χ1) is 15.3. The quantitative estimate of drug-likeness (QED) is 0.686. The lowest BCUT2D eigenvalue weighted by atomic mass is 9.75. The maximum absolute atomic E-state index is 12.8. The number of amides is 2. The lowest BCUT2D eigenvalue weighted by Crippen LogP contribution is -2.48. The summed E-state index contributed by atoms with van der Waals surface area (Å²) in [5.41, 5.74) is 0.777. The highest BCUT2D eigenvalue weighted by atomic mass is 16.6. The molecule has 0 unspecified atom stereocenters. The molecule has 178 valence electrons. The van der Waals surface area contributed by atoms with E-state index in [0.29, 0.717) is 49.4 Å². The summed E-state index contributed by atoms with van der Waals surface area (Å²) >= 11 is 0. The number of phenols is 1. The summed E-state index contributed by atoms with van der Waals surface area (Å²) in [4.78, 5) is 27.0. The van der Waals surface area contributed by atoms with Crippen LogP contribution in [0.15, 0.2) is 18.2 Å². The highest BCUT2D eigenvalue weighted by Gasteiger charge is 2.35. The molecule has 7 heteroatoms. The number of carbonyl (C=O) groups excluding carboxylic acids is 2. The smallest absolute Gasteiger partial charge is 0.410 e. The van der Waals surface area contributed by atoms with Crippen molar-refractivity contribution in [3.8, 4) is 11.5 Å². The van der Waals surface area contributed by atoms with Crippen molar-refractivity contribution >= 4 is 12.0 Å². The van der Waals surface area contributed by atoms with Gasteiger partial charge in [-0.25, -0.2) is 4.79 Å². The zero-order valence-electron chi connectivity index (χ0n) is 19.8. The minimum Gasteiger partial charge on any atom is -0.504 e. The van der Waals surface area contributed by atoms with Gasteiger partial charge >= 0.3 is 6.09 Å². The summed E-state index contributed by atoms with van der Waals surface area (Å²) in [6.45, 7) is 7.84. The molecule has 2 aliphatic rings. The summed E-state index contributed by atoms with van der Waals surface area (Å²) in [7, 11) is 1.48. The molecule has 1 saturated heterocycles. The minimum absolute atomic E-state index is 0.00553. The van der Waals surface area contributed by atoms with Crippen molar-refractivity contribution in [3.05, 3.63) is 23.8 Å². The van der Waals surface area contributed by atoms with Crippen LogP contribution in [0.3, 0.4) is 0 Å². The molecule has 0 radical (unpaired) electrons. The number of nitrogens with one attached hydrogen (secondary N) is 1. The number of aromatic hydroxyl groups is 1. The Kier molecular flexibility index (Phi) is 8.26. The average molecular weight is 447 g/mol. The zero-order chi connectivity index (χ0) is 23.3. The Hall–Kier alpha value is -2.44. The Labute approximate surface area is 191 Å². The van der Waals surface area contributed by atoms with Gasteiger partial charge < -0.3 is 24.8 Å². The van der Waals surface area contributed by atoms with E-state index in [0.717, 1.165) is 18.4 Å². The molecule has 2 fully saturated rings. The highest BCUT2D eigenvalue weighted by Crippen LogP contribution is 2.35. The topological polar surface area (TPSA) is 88.1 Å². The fraction of sp³-hybridized carbons (Fsp3) is 0.680. The van der Waals surface area contributed by atoms with E-state index in [4.69, 9.17) is 9.47 Å². The molecule has 3 atom stereocenters. The van der Waals surface area contributed by atoms with Gasteiger partial charge in [0.2, 0.25) is 5.91 Å². The van der Waals surface area contributed by atoms with Crippen LogP contribution in [0.1, 0.15) is 58.4 Å². The maximum Gasteiger partial charge on any atom is 0.410 e. The molecule has 1 saturated carbocycles. The summed E-state index contributed by atoms with van der Waals surface area (Å²) < 4.78 is 11.1. The molecule has 32 heavy (non-hydrogen) atoms. The first-order valence-electron chi connectivity index (χ1n) is 11.9. The molecule has 7 nitrogen and oxygen atoms in total. The van der Waals surface area contributed by atoms with Crippen molar-refractivity contribution in [1.29, 1.82) is 0 Å². The lowest BCUT2D eigenvalue weighted by molar-refractivity contribution is -0.121. The second kappa shape index (κ2) is 10.9. The zero-order valence-corrected chi connectivity index (χ0v) is 19.8. The van der Waals surface area contributed by atoms with Gasteiger partial charge in [0.25, 0.3) is 0 Å². The monoisotopic (exact) mass is 446 g/mol. The van der Waals surface area contributed by atoms with Crippen LogP contribution in [0.2, 0.25) is 0 Å². The predicted molar refractivity (Wildman–Crippen MR) is 123 cm³/mol. The Morgan fingerprint density at radius 1 is 1.19 bits per heavy atom. The predicted octanol–water partition coefficient (Wildman–Crippen LogP) is 4.12. The van der Waals surface area contributed by atoms with Crippen molar-refractivity contribution in [2.24, 2.45) is 17.8 Å². The Morgan fingerprint density at radius 3 is 2.56 bits per heavy atom. The van der Waals surface area contributed by atoms with Gasteiger partial charge in [-0.1, -0.05) is 33.3 Å². The molecular formula is C25H38N2O5. The van der Waals surface area contributed by atoms with Crippen LogP contribution in [0.4, 0.5) is 4.79 Å². The number of likely N-dealkylation sites (tertiary alicyclic amines) is 1. The van der Waals surface area contributed by atoms with Crippen LogP contribution in [-0.2, 0) is 16.0 Å². The second-order valence-corrected chi connectivity index (χ2v) is 9.76. The van der Waals surface area contributed by atoms with E-state index >= 15 is 0 Å². The van der Waals surface area contributed by atoms with Gasteiger partial charge in [-0.2, -0.15) is 0 Å². The number of methoxy groups -OCH3 is 1. The number of phenolic OH excluding ortho intramolecular Hbond substituents is 1. The molecule has 0 spiro atoms. The van der Waals surface area contributed by atoms with Crippen LogP contribution in [0.5, 0.6) is 11.5 Å². The number of rotatable bonds is 6. The number of carbonyl (C=O) groups is 2. The molecule has 1 aromatic rings. The van der Waals surface area contributed by atoms with Crippen LogP contribution in [0, 0.1) is 17.8 Å². The Bertz CT molecular complexity index is 789. The molecule has 0 bridgehead atoms. The maximum atomic E-state index is 12.8.